The van der Waals surface area contributed by atoms with Gasteiger partial charge in [-0.05, 0) is 31.0 Å². The maximum Gasteiger partial charge on any atom is 0.233 e. The summed E-state index contributed by atoms with van der Waals surface area (Å²) in [6.45, 7) is 3.17. The van der Waals surface area contributed by atoms with Gasteiger partial charge in [0.25, 0.3) is 0 Å². The van der Waals surface area contributed by atoms with E-state index in [0.29, 0.717) is 24.1 Å². The predicted molar refractivity (Wildman–Crippen MR) is 113 cm³/mol. The molecule has 10 heteroatoms. The average molecular weight is 426 g/mol. The first-order valence-electron chi connectivity index (χ1n) is 8.30. The number of nitrogens with zero attached hydrogens (tertiary/aromatic N) is 3. The van der Waals surface area contributed by atoms with E-state index in [0.717, 1.165) is 21.1 Å². The smallest absolute Gasteiger partial charge is 0.233 e. The van der Waals surface area contributed by atoms with Crippen molar-refractivity contribution >= 4 is 50.4 Å². The zero-order valence-electron chi connectivity index (χ0n) is 15.0. The van der Waals surface area contributed by atoms with Gasteiger partial charge in [-0.2, -0.15) is 0 Å². The summed E-state index contributed by atoms with van der Waals surface area (Å²) >= 11 is 8.04. The molecule has 144 valence electrons. The molecule has 0 radical (unpaired) electrons. The molecule has 2 atom stereocenters. The van der Waals surface area contributed by atoms with E-state index in [1.54, 1.807) is 7.05 Å². The summed E-state index contributed by atoms with van der Waals surface area (Å²) in [7, 11) is -0.918. The number of rotatable bonds is 3. The second kappa shape index (κ2) is 6.29. The van der Waals surface area contributed by atoms with Crippen LogP contribution in [-0.2, 0) is 20.0 Å². The van der Waals surface area contributed by atoms with E-state index in [1.165, 1.54) is 15.6 Å². The van der Waals surface area contributed by atoms with Crippen LogP contribution in [0, 0.1) is 0 Å². The Morgan fingerprint density at radius 2 is 2.22 bits per heavy atom. The molecule has 2 aliphatic heterocycles. The van der Waals surface area contributed by atoms with Crippen molar-refractivity contribution < 1.29 is 8.95 Å². The molecule has 0 saturated heterocycles. The molecule has 3 N–H and O–H groups in total. The molecule has 1 unspecified atom stereocenters. The van der Waals surface area contributed by atoms with E-state index in [4.69, 9.17) is 22.1 Å². The van der Waals surface area contributed by atoms with Crippen molar-refractivity contribution in [2.45, 2.75) is 12.5 Å². The van der Waals surface area contributed by atoms with Crippen molar-refractivity contribution in [3.05, 3.63) is 33.8 Å². The van der Waals surface area contributed by atoms with Crippen LogP contribution in [0.5, 0.6) is 0 Å². The first-order valence-corrected chi connectivity index (χ1v) is 11.4. The van der Waals surface area contributed by atoms with E-state index >= 15 is 0 Å². The summed E-state index contributed by atoms with van der Waals surface area (Å²) in [4.78, 5) is 14.0. The van der Waals surface area contributed by atoms with Crippen LogP contribution < -0.4 is 5.73 Å². The lowest BCUT2D eigenvalue weighted by Crippen LogP contribution is -2.50. The number of nitrogens with one attached hydrogen (secondary N) is 1. The summed E-state index contributed by atoms with van der Waals surface area (Å²) < 4.78 is 19.8. The lowest BCUT2D eigenvalue weighted by molar-refractivity contribution is 0.347. The van der Waals surface area contributed by atoms with Crippen molar-refractivity contribution in [1.82, 2.24) is 9.29 Å². The van der Waals surface area contributed by atoms with Gasteiger partial charge >= 0.3 is 0 Å². The minimum Gasteiger partial charge on any atom is -0.474 e. The third-order valence-electron chi connectivity index (χ3n) is 4.63. The van der Waals surface area contributed by atoms with Crippen molar-refractivity contribution in [2.75, 3.05) is 26.0 Å². The first kappa shape index (κ1) is 18.4. The Labute approximate surface area is 167 Å². The van der Waals surface area contributed by atoms with Crippen LogP contribution in [-0.4, -0.2) is 57.2 Å². The minimum absolute atomic E-state index is 0.202. The standard InChI is InChI=1S/C17H20ClN5O2S2/c1-17(9-27(3,24)23(2)16(19)22-17)14-10(18)8-13(26-14)11-4-5-12(21-11)15-20-6-7-25-15/h4-5,8,21H,3,6-7,9H2,1-2H3,(H2,19,22)/t17-,27?/m0/s1. The highest BCUT2D eigenvalue weighted by molar-refractivity contribution is 7.98. The predicted octanol–water partition coefficient (Wildman–Crippen LogP) is 2.28. The zero-order valence-corrected chi connectivity index (χ0v) is 17.4. The number of aliphatic imine (C=N–C) groups is 2. The number of aromatic amines is 1. The van der Waals surface area contributed by atoms with Crippen molar-refractivity contribution in [3.8, 4) is 10.6 Å². The van der Waals surface area contributed by atoms with E-state index in [1.807, 2.05) is 25.1 Å². The number of H-pyrrole nitrogens is 1. The molecule has 2 aromatic heterocycles. The van der Waals surface area contributed by atoms with Gasteiger partial charge in [-0.3, -0.25) is 4.31 Å². The number of hydrogen-bond acceptors (Lipinski definition) is 6. The number of hydrogen-bond donors (Lipinski definition) is 2. The molecule has 0 saturated carbocycles. The molecule has 0 amide bonds. The van der Waals surface area contributed by atoms with Crippen LogP contribution in [0.1, 0.15) is 17.5 Å². The molecular weight excluding hydrogens is 406 g/mol. The maximum atomic E-state index is 12.9. The van der Waals surface area contributed by atoms with Crippen LogP contribution in [0.3, 0.4) is 0 Å². The van der Waals surface area contributed by atoms with E-state index in [-0.39, 0.29) is 11.7 Å². The van der Waals surface area contributed by atoms with Crippen LogP contribution >= 0.6 is 22.9 Å². The highest BCUT2D eigenvalue weighted by Gasteiger charge is 2.39. The maximum absolute atomic E-state index is 12.9. The number of nitrogens with two attached hydrogens (primary N) is 1. The molecule has 27 heavy (non-hydrogen) atoms. The molecule has 2 aliphatic rings. The molecule has 0 aromatic carbocycles. The molecule has 0 bridgehead atoms. The number of thiophene rings is 1. The number of aromatic nitrogens is 1. The monoisotopic (exact) mass is 425 g/mol. The lowest BCUT2D eigenvalue weighted by Gasteiger charge is -2.36. The second-order valence-corrected chi connectivity index (χ2v) is 10.6. The normalized spacial score (nSPS) is 28.0. The largest absolute Gasteiger partial charge is 0.474 e. The quantitative estimate of drug-likeness (QED) is 0.738. The van der Waals surface area contributed by atoms with Crippen molar-refractivity contribution in [1.29, 1.82) is 0 Å². The van der Waals surface area contributed by atoms with Gasteiger partial charge in [0, 0.05) is 7.05 Å². The Morgan fingerprint density at radius 3 is 2.89 bits per heavy atom. The van der Waals surface area contributed by atoms with Gasteiger partial charge in [-0.1, -0.05) is 11.6 Å². The van der Waals surface area contributed by atoms with Crippen molar-refractivity contribution in [3.63, 3.8) is 0 Å². The van der Waals surface area contributed by atoms with E-state index in [9.17, 15) is 4.21 Å². The lowest BCUT2D eigenvalue weighted by atomic mass is 10.0. The summed E-state index contributed by atoms with van der Waals surface area (Å²) in [5.74, 6) is 4.92. The molecule has 0 spiro atoms. The first-order chi connectivity index (χ1) is 12.7. The molecule has 2 aromatic rings. The summed E-state index contributed by atoms with van der Waals surface area (Å²) in [6, 6.07) is 5.78. The number of guanidine groups is 1. The van der Waals surface area contributed by atoms with Gasteiger partial charge in [0.15, 0.2) is 0 Å². The number of halogens is 1. The highest BCUT2D eigenvalue weighted by atomic mass is 35.5. The van der Waals surface area contributed by atoms with Crippen LogP contribution in [0.2, 0.25) is 5.02 Å². The third-order valence-corrected chi connectivity index (χ3v) is 8.66. The van der Waals surface area contributed by atoms with Crippen LogP contribution in [0.25, 0.3) is 10.6 Å². The van der Waals surface area contributed by atoms with Gasteiger partial charge in [-0.25, -0.2) is 14.2 Å². The van der Waals surface area contributed by atoms with Crippen molar-refractivity contribution in [2.24, 2.45) is 15.7 Å². The SMILES string of the molecule is C=S1(=O)C[C@@](C)(c2sc(-c3ccc(C4=NCCO4)[nH]3)cc2Cl)N=C(N)N1C. The molecular formula is C17H20ClN5O2S2. The zero-order chi connectivity index (χ0) is 19.4. The third kappa shape index (κ3) is 3.13. The van der Waals surface area contributed by atoms with Gasteiger partial charge in [0.05, 0.1) is 42.5 Å². The Kier molecular flexibility index (Phi) is 4.28. The van der Waals surface area contributed by atoms with Crippen LogP contribution in [0.4, 0.5) is 0 Å². The van der Waals surface area contributed by atoms with Gasteiger partial charge in [0.2, 0.25) is 11.9 Å². The van der Waals surface area contributed by atoms with Gasteiger partial charge in [0.1, 0.15) is 17.8 Å². The van der Waals surface area contributed by atoms with E-state index in [2.05, 4.69) is 20.8 Å². The van der Waals surface area contributed by atoms with Gasteiger partial charge < -0.3 is 15.5 Å². The average Bonchev–Trinajstić information content (AvgIpc) is 3.31. The number of ether oxygens (including phenoxy) is 1. The fourth-order valence-electron chi connectivity index (χ4n) is 3.21. The summed E-state index contributed by atoms with van der Waals surface area (Å²) in [5, 5.41) is 0.569. The Morgan fingerprint density at radius 1 is 1.48 bits per heavy atom. The molecule has 4 heterocycles. The summed E-state index contributed by atoms with van der Waals surface area (Å²) in [6.07, 6.45) is 0. The summed E-state index contributed by atoms with van der Waals surface area (Å²) in [5.41, 5.74) is 6.95. The Hall–Kier alpha value is -1.97. The fourth-order valence-corrected chi connectivity index (χ4v) is 6.58. The second-order valence-electron chi connectivity index (χ2n) is 6.77. The fraction of sp³-hybridized carbons (Fsp3) is 0.353. The molecule has 0 fully saturated rings. The minimum atomic E-state index is -2.56. The highest BCUT2D eigenvalue weighted by Crippen LogP contribution is 2.44. The Bertz CT molecular complexity index is 1070. The molecule has 7 nitrogen and oxygen atoms in total. The van der Waals surface area contributed by atoms with Gasteiger partial charge in [-0.15, -0.1) is 11.3 Å². The van der Waals surface area contributed by atoms with E-state index < -0.39 is 15.2 Å². The van der Waals surface area contributed by atoms with Crippen LogP contribution in [0.15, 0.2) is 28.2 Å². The topological polar surface area (TPSA) is 96.1 Å². The molecule has 0 aliphatic carbocycles. The Balaban J connectivity index is 1.72. The molecule has 4 rings (SSSR count).